The van der Waals surface area contributed by atoms with Crippen molar-refractivity contribution in [2.45, 2.75) is 65.1 Å². The molecular weight excluding hydrogens is 256 g/mol. The summed E-state index contributed by atoms with van der Waals surface area (Å²) in [6.07, 6.45) is 2.52. The smallest absolute Gasteiger partial charge is 0.246 e. The molecule has 0 spiro atoms. The number of carbonyl (C=O) groups excluding carboxylic acids is 2. The second-order valence-electron chi connectivity index (χ2n) is 6.94. The van der Waals surface area contributed by atoms with Crippen molar-refractivity contribution in [1.29, 1.82) is 0 Å². The molecule has 0 aromatic rings. The Morgan fingerprint density at radius 2 is 2.05 bits per heavy atom. The van der Waals surface area contributed by atoms with Crippen LogP contribution in [0.5, 0.6) is 0 Å². The van der Waals surface area contributed by atoms with Crippen molar-refractivity contribution in [1.82, 2.24) is 10.2 Å². The van der Waals surface area contributed by atoms with E-state index < -0.39 is 6.04 Å². The molecule has 0 bridgehead atoms. The van der Waals surface area contributed by atoms with Gasteiger partial charge >= 0.3 is 0 Å². The zero-order valence-electron chi connectivity index (χ0n) is 12.9. The fraction of sp³-hybridized carbons (Fsp3) is 0.867. The maximum absolute atomic E-state index is 12.8. The summed E-state index contributed by atoms with van der Waals surface area (Å²) in [5, 5.41) is 2.87. The van der Waals surface area contributed by atoms with Gasteiger partial charge in [-0.1, -0.05) is 20.8 Å². The van der Waals surface area contributed by atoms with E-state index in [4.69, 9.17) is 4.74 Å². The normalized spacial score (nSPS) is 30.1. The molecule has 3 atom stereocenters. The second kappa shape index (κ2) is 5.72. The number of hydrogen-bond acceptors (Lipinski definition) is 3. The van der Waals surface area contributed by atoms with Crippen LogP contribution in [0.15, 0.2) is 0 Å². The molecule has 0 aliphatic carbocycles. The molecule has 2 saturated heterocycles. The molecule has 2 aliphatic rings. The Morgan fingerprint density at radius 3 is 2.60 bits per heavy atom. The maximum Gasteiger partial charge on any atom is 0.246 e. The first-order chi connectivity index (χ1) is 9.30. The minimum Gasteiger partial charge on any atom is -0.376 e. The van der Waals surface area contributed by atoms with Crippen molar-refractivity contribution in [3.8, 4) is 0 Å². The Bertz CT molecular complexity index is 383. The van der Waals surface area contributed by atoms with Crippen LogP contribution in [-0.2, 0) is 14.3 Å². The van der Waals surface area contributed by atoms with Gasteiger partial charge in [-0.15, -0.1) is 0 Å². The highest BCUT2D eigenvalue weighted by atomic mass is 16.5. The Kier molecular flexibility index (Phi) is 4.37. The van der Waals surface area contributed by atoms with E-state index in [0.717, 1.165) is 19.4 Å². The summed E-state index contributed by atoms with van der Waals surface area (Å²) in [5.41, 5.74) is -0.286. The highest BCUT2D eigenvalue weighted by Crippen LogP contribution is 2.26. The van der Waals surface area contributed by atoms with Gasteiger partial charge in [-0.05, 0) is 25.2 Å². The zero-order chi connectivity index (χ0) is 14.9. The van der Waals surface area contributed by atoms with Crippen molar-refractivity contribution >= 4 is 11.8 Å². The Hall–Kier alpha value is -1.10. The number of hydrogen-bond donors (Lipinski definition) is 1. The van der Waals surface area contributed by atoms with E-state index in [1.54, 1.807) is 0 Å². The monoisotopic (exact) mass is 282 g/mol. The van der Waals surface area contributed by atoms with E-state index in [9.17, 15) is 9.59 Å². The van der Waals surface area contributed by atoms with Crippen LogP contribution in [0.3, 0.4) is 0 Å². The number of carbonyl (C=O) groups is 2. The molecule has 0 aromatic carbocycles. The van der Waals surface area contributed by atoms with E-state index in [2.05, 4.69) is 5.32 Å². The van der Waals surface area contributed by atoms with Gasteiger partial charge in [-0.2, -0.15) is 0 Å². The molecule has 114 valence electrons. The summed E-state index contributed by atoms with van der Waals surface area (Å²) in [4.78, 5) is 26.5. The molecule has 0 radical (unpaired) electrons. The van der Waals surface area contributed by atoms with E-state index in [1.807, 2.05) is 32.6 Å². The van der Waals surface area contributed by atoms with Gasteiger partial charge in [0.1, 0.15) is 6.04 Å². The molecule has 0 saturated carbocycles. The van der Waals surface area contributed by atoms with Gasteiger partial charge in [0.2, 0.25) is 11.8 Å². The lowest BCUT2D eigenvalue weighted by Crippen LogP contribution is -2.55. The standard InChI is InChI=1S/C15H26N2O3/c1-10(11-6-5-9-20-11)17-8-7-12(18)16-13(14(17)19)15(2,3)4/h10-11,13H,5-9H2,1-4H3,(H,16,18). The summed E-state index contributed by atoms with van der Waals surface area (Å²) in [6, 6.07) is -0.427. The number of amides is 2. The molecule has 2 heterocycles. The number of ether oxygens (including phenoxy) is 1. The zero-order valence-corrected chi connectivity index (χ0v) is 12.9. The quantitative estimate of drug-likeness (QED) is 0.831. The van der Waals surface area contributed by atoms with Gasteiger partial charge in [0.15, 0.2) is 0 Å². The van der Waals surface area contributed by atoms with Crippen LogP contribution < -0.4 is 5.32 Å². The van der Waals surface area contributed by atoms with E-state index in [-0.39, 0.29) is 29.4 Å². The van der Waals surface area contributed by atoms with Crippen LogP contribution in [0.2, 0.25) is 0 Å². The van der Waals surface area contributed by atoms with Crippen LogP contribution in [0.1, 0.15) is 47.0 Å². The molecule has 2 rings (SSSR count). The predicted molar refractivity (Wildman–Crippen MR) is 76.2 cm³/mol. The minimum absolute atomic E-state index is 0.0198. The van der Waals surface area contributed by atoms with Crippen molar-refractivity contribution in [2.24, 2.45) is 5.41 Å². The summed E-state index contributed by atoms with van der Waals surface area (Å²) in [5.74, 6) is -0.0216. The first kappa shape index (κ1) is 15.3. The fourth-order valence-corrected chi connectivity index (χ4v) is 2.97. The minimum atomic E-state index is -0.457. The van der Waals surface area contributed by atoms with Gasteiger partial charge in [-0.25, -0.2) is 0 Å². The molecule has 1 N–H and O–H groups in total. The number of rotatable bonds is 2. The third-order valence-electron chi connectivity index (χ3n) is 4.28. The summed E-state index contributed by atoms with van der Waals surface area (Å²) in [6.45, 7) is 9.24. The molecule has 5 nitrogen and oxygen atoms in total. The summed E-state index contributed by atoms with van der Waals surface area (Å²) in [7, 11) is 0. The molecular formula is C15H26N2O3. The Labute approximate surface area is 121 Å². The van der Waals surface area contributed by atoms with Crippen molar-refractivity contribution in [3.05, 3.63) is 0 Å². The highest BCUT2D eigenvalue weighted by molar-refractivity contribution is 5.90. The highest BCUT2D eigenvalue weighted by Gasteiger charge is 2.41. The fourth-order valence-electron chi connectivity index (χ4n) is 2.97. The van der Waals surface area contributed by atoms with Crippen molar-refractivity contribution in [2.75, 3.05) is 13.2 Å². The van der Waals surface area contributed by atoms with Crippen LogP contribution in [0.25, 0.3) is 0 Å². The number of nitrogens with zero attached hydrogens (tertiary/aromatic N) is 1. The van der Waals surface area contributed by atoms with Gasteiger partial charge in [-0.3, -0.25) is 9.59 Å². The van der Waals surface area contributed by atoms with Crippen LogP contribution in [0.4, 0.5) is 0 Å². The first-order valence-electron chi connectivity index (χ1n) is 7.52. The van der Waals surface area contributed by atoms with E-state index in [1.165, 1.54) is 0 Å². The van der Waals surface area contributed by atoms with Gasteiger partial charge in [0, 0.05) is 19.6 Å². The topological polar surface area (TPSA) is 58.6 Å². The first-order valence-corrected chi connectivity index (χ1v) is 7.52. The molecule has 2 fully saturated rings. The van der Waals surface area contributed by atoms with Crippen LogP contribution in [-0.4, -0.2) is 48.1 Å². The average molecular weight is 282 g/mol. The average Bonchev–Trinajstić information content (AvgIpc) is 2.83. The molecule has 5 heteroatoms. The molecule has 2 aliphatic heterocycles. The van der Waals surface area contributed by atoms with E-state index in [0.29, 0.717) is 13.0 Å². The SMILES string of the molecule is CC(C1CCCO1)N1CCC(=O)NC(C(C)(C)C)C1=O. The van der Waals surface area contributed by atoms with Crippen molar-refractivity contribution < 1.29 is 14.3 Å². The lowest BCUT2D eigenvalue weighted by molar-refractivity contribution is -0.140. The molecule has 20 heavy (non-hydrogen) atoms. The van der Waals surface area contributed by atoms with Crippen molar-refractivity contribution in [3.63, 3.8) is 0 Å². The van der Waals surface area contributed by atoms with E-state index >= 15 is 0 Å². The van der Waals surface area contributed by atoms with Crippen LogP contribution >= 0.6 is 0 Å². The maximum atomic E-state index is 12.8. The second-order valence-corrected chi connectivity index (χ2v) is 6.94. The predicted octanol–water partition coefficient (Wildman–Crippen LogP) is 1.32. The third-order valence-corrected chi connectivity index (χ3v) is 4.28. The summed E-state index contributed by atoms with van der Waals surface area (Å²) < 4.78 is 5.71. The largest absolute Gasteiger partial charge is 0.376 e. The van der Waals surface area contributed by atoms with Gasteiger partial charge in [0.05, 0.1) is 12.1 Å². The molecule has 3 unspecified atom stereocenters. The van der Waals surface area contributed by atoms with Gasteiger partial charge in [0.25, 0.3) is 0 Å². The Morgan fingerprint density at radius 1 is 1.35 bits per heavy atom. The number of nitrogens with one attached hydrogen (secondary N) is 1. The molecule has 2 amide bonds. The lowest BCUT2D eigenvalue weighted by Gasteiger charge is -2.36. The van der Waals surface area contributed by atoms with Crippen LogP contribution in [0, 0.1) is 5.41 Å². The lowest BCUT2D eigenvalue weighted by atomic mass is 9.85. The van der Waals surface area contributed by atoms with Gasteiger partial charge < -0.3 is 15.0 Å². The molecule has 0 aromatic heterocycles. The third kappa shape index (κ3) is 3.14. The Balaban J connectivity index is 2.18. The summed E-state index contributed by atoms with van der Waals surface area (Å²) >= 11 is 0.